The van der Waals surface area contributed by atoms with E-state index >= 15 is 0 Å². The van der Waals surface area contributed by atoms with E-state index in [0.717, 1.165) is 10.4 Å². The summed E-state index contributed by atoms with van der Waals surface area (Å²) in [6.45, 7) is 5.14. The number of benzene rings is 1. The summed E-state index contributed by atoms with van der Waals surface area (Å²) in [6.07, 6.45) is 3.63. The van der Waals surface area contributed by atoms with E-state index < -0.39 is 0 Å². The highest BCUT2D eigenvalue weighted by molar-refractivity contribution is 9.10. The molecule has 2 atom stereocenters. The van der Waals surface area contributed by atoms with Crippen molar-refractivity contribution in [2.24, 2.45) is 11.7 Å². The molecule has 0 heterocycles. The smallest absolute Gasteiger partial charge is 0.0498 e. The molecule has 1 aromatic carbocycles. The maximum absolute atomic E-state index is 5.98. The second-order valence-corrected chi connectivity index (χ2v) is 6.39. The van der Waals surface area contributed by atoms with Crippen LogP contribution in [-0.4, -0.2) is 12.1 Å². The van der Waals surface area contributed by atoms with Crippen LogP contribution in [-0.2, 0) is 0 Å². The second kappa shape index (κ2) is 4.99. The first-order chi connectivity index (χ1) is 8.03. The summed E-state index contributed by atoms with van der Waals surface area (Å²) in [4.78, 5) is 0. The quantitative estimate of drug-likeness (QED) is 0.893. The Morgan fingerprint density at radius 1 is 1.47 bits per heavy atom. The van der Waals surface area contributed by atoms with Gasteiger partial charge in [0.05, 0.1) is 0 Å². The summed E-state index contributed by atoms with van der Waals surface area (Å²) in [5, 5.41) is 3.66. The molecule has 1 fully saturated rings. The molecule has 1 aliphatic carbocycles. The third-order valence-electron chi connectivity index (χ3n) is 3.70. The van der Waals surface area contributed by atoms with Crippen LogP contribution >= 0.6 is 15.9 Å². The van der Waals surface area contributed by atoms with Gasteiger partial charge in [-0.3, -0.25) is 0 Å². The van der Waals surface area contributed by atoms with E-state index in [1.165, 1.54) is 30.5 Å². The van der Waals surface area contributed by atoms with Crippen molar-refractivity contribution in [3.63, 3.8) is 0 Å². The standard InChI is InChI=1S/C14H21BrN2/c1-10-3-4-14(8-10,9-16)17-13-6-11(2)5-12(15)7-13/h5-7,10,17H,3-4,8-9,16H2,1-2H3. The SMILES string of the molecule is Cc1cc(Br)cc(NC2(CN)CCC(C)C2)c1. The maximum Gasteiger partial charge on any atom is 0.0498 e. The summed E-state index contributed by atoms with van der Waals surface area (Å²) < 4.78 is 1.12. The van der Waals surface area contributed by atoms with Crippen LogP contribution in [0.1, 0.15) is 31.7 Å². The Morgan fingerprint density at radius 2 is 2.24 bits per heavy atom. The monoisotopic (exact) mass is 296 g/mol. The van der Waals surface area contributed by atoms with Gasteiger partial charge in [-0.25, -0.2) is 0 Å². The van der Waals surface area contributed by atoms with E-state index in [-0.39, 0.29) is 5.54 Å². The van der Waals surface area contributed by atoms with Crippen molar-refractivity contribution in [3.8, 4) is 0 Å². The van der Waals surface area contributed by atoms with Crippen LogP contribution in [0.5, 0.6) is 0 Å². The van der Waals surface area contributed by atoms with Crippen molar-refractivity contribution >= 4 is 21.6 Å². The zero-order chi connectivity index (χ0) is 12.5. The minimum absolute atomic E-state index is 0.104. The molecule has 1 aromatic rings. The molecule has 0 radical (unpaired) electrons. The third-order valence-corrected chi connectivity index (χ3v) is 4.16. The molecule has 17 heavy (non-hydrogen) atoms. The molecule has 3 N–H and O–H groups in total. The van der Waals surface area contributed by atoms with Crippen molar-refractivity contribution in [2.45, 2.75) is 38.6 Å². The van der Waals surface area contributed by atoms with Crippen LogP contribution in [0.4, 0.5) is 5.69 Å². The molecule has 0 saturated heterocycles. The van der Waals surface area contributed by atoms with Crippen molar-refractivity contribution in [1.82, 2.24) is 0 Å². The van der Waals surface area contributed by atoms with Gasteiger partial charge in [0.1, 0.15) is 0 Å². The Bertz CT molecular complexity index is 385. The van der Waals surface area contributed by atoms with Gasteiger partial charge in [0.2, 0.25) is 0 Å². The van der Waals surface area contributed by atoms with Gasteiger partial charge in [-0.15, -0.1) is 0 Å². The fraction of sp³-hybridized carbons (Fsp3) is 0.571. The van der Waals surface area contributed by atoms with Gasteiger partial charge in [0, 0.05) is 22.2 Å². The molecule has 0 spiro atoms. The zero-order valence-electron chi connectivity index (χ0n) is 10.6. The van der Waals surface area contributed by atoms with Gasteiger partial charge in [-0.2, -0.15) is 0 Å². The first kappa shape index (κ1) is 12.9. The molecular weight excluding hydrogens is 276 g/mol. The second-order valence-electron chi connectivity index (χ2n) is 5.47. The molecule has 1 saturated carbocycles. The zero-order valence-corrected chi connectivity index (χ0v) is 12.2. The number of nitrogens with one attached hydrogen (secondary N) is 1. The van der Waals surface area contributed by atoms with Gasteiger partial charge in [0.25, 0.3) is 0 Å². The summed E-state index contributed by atoms with van der Waals surface area (Å²) in [7, 11) is 0. The van der Waals surface area contributed by atoms with Crippen molar-refractivity contribution in [2.75, 3.05) is 11.9 Å². The van der Waals surface area contributed by atoms with Crippen LogP contribution in [0.15, 0.2) is 22.7 Å². The lowest BCUT2D eigenvalue weighted by Gasteiger charge is -2.30. The molecule has 3 heteroatoms. The average molecular weight is 297 g/mol. The number of halogens is 1. The summed E-state index contributed by atoms with van der Waals surface area (Å²) in [6, 6.07) is 6.44. The number of rotatable bonds is 3. The van der Waals surface area contributed by atoms with Gasteiger partial charge in [-0.05, 0) is 55.9 Å². The first-order valence-electron chi connectivity index (χ1n) is 6.28. The van der Waals surface area contributed by atoms with E-state index in [1.54, 1.807) is 0 Å². The number of anilines is 1. The molecular formula is C14H21BrN2. The minimum Gasteiger partial charge on any atom is -0.378 e. The van der Waals surface area contributed by atoms with Crippen LogP contribution in [0.25, 0.3) is 0 Å². The molecule has 94 valence electrons. The van der Waals surface area contributed by atoms with Crippen molar-refractivity contribution in [1.29, 1.82) is 0 Å². The predicted octanol–water partition coefficient (Wildman–Crippen LogP) is 3.69. The number of aryl methyl sites for hydroxylation is 1. The highest BCUT2D eigenvalue weighted by atomic mass is 79.9. The Labute approximate surface area is 112 Å². The molecule has 1 aliphatic rings. The molecule has 2 rings (SSSR count). The normalized spacial score (nSPS) is 28.4. The van der Waals surface area contributed by atoms with Gasteiger partial charge >= 0.3 is 0 Å². The highest BCUT2D eigenvalue weighted by Crippen LogP contribution is 2.36. The van der Waals surface area contributed by atoms with Gasteiger partial charge in [0.15, 0.2) is 0 Å². The Morgan fingerprint density at radius 3 is 2.76 bits per heavy atom. The molecule has 2 nitrogen and oxygen atoms in total. The summed E-state index contributed by atoms with van der Waals surface area (Å²) >= 11 is 3.54. The topological polar surface area (TPSA) is 38.0 Å². The van der Waals surface area contributed by atoms with Crippen LogP contribution in [0, 0.1) is 12.8 Å². The average Bonchev–Trinajstić information content (AvgIpc) is 2.59. The van der Waals surface area contributed by atoms with E-state index in [1.807, 2.05) is 0 Å². The van der Waals surface area contributed by atoms with E-state index in [9.17, 15) is 0 Å². The molecule has 2 unspecified atom stereocenters. The lowest BCUT2D eigenvalue weighted by Crippen LogP contribution is -2.43. The summed E-state index contributed by atoms with van der Waals surface area (Å²) in [5.41, 5.74) is 8.53. The van der Waals surface area contributed by atoms with Crippen LogP contribution in [0.2, 0.25) is 0 Å². The molecule has 0 amide bonds. The molecule has 0 aliphatic heterocycles. The number of hydrogen-bond acceptors (Lipinski definition) is 2. The molecule has 0 bridgehead atoms. The summed E-state index contributed by atoms with van der Waals surface area (Å²) in [5.74, 6) is 0.777. The van der Waals surface area contributed by atoms with Crippen LogP contribution < -0.4 is 11.1 Å². The predicted molar refractivity (Wildman–Crippen MR) is 77.3 cm³/mol. The van der Waals surface area contributed by atoms with E-state index in [4.69, 9.17) is 5.73 Å². The highest BCUT2D eigenvalue weighted by Gasteiger charge is 2.36. The van der Waals surface area contributed by atoms with Gasteiger partial charge in [-0.1, -0.05) is 22.9 Å². The minimum atomic E-state index is 0.104. The largest absolute Gasteiger partial charge is 0.378 e. The van der Waals surface area contributed by atoms with Crippen LogP contribution in [0.3, 0.4) is 0 Å². The Hall–Kier alpha value is -0.540. The maximum atomic E-state index is 5.98. The fourth-order valence-corrected chi connectivity index (χ4v) is 3.47. The lowest BCUT2D eigenvalue weighted by molar-refractivity contribution is 0.470. The first-order valence-corrected chi connectivity index (χ1v) is 7.08. The van der Waals surface area contributed by atoms with Gasteiger partial charge < -0.3 is 11.1 Å². The number of nitrogens with two attached hydrogens (primary N) is 1. The lowest BCUT2D eigenvalue weighted by atomic mass is 9.95. The van der Waals surface area contributed by atoms with Crippen molar-refractivity contribution < 1.29 is 0 Å². The fourth-order valence-electron chi connectivity index (χ4n) is 2.86. The third kappa shape index (κ3) is 3.02. The van der Waals surface area contributed by atoms with E-state index in [0.29, 0.717) is 6.54 Å². The number of hydrogen-bond donors (Lipinski definition) is 2. The van der Waals surface area contributed by atoms with E-state index in [2.05, 4.69) is 53.3 Å². The van der Waals surface area contributed by atoms with Crippen molar-refractivity contribution in [3.05, 3.63) is 28.2 Å². The Balaban J connectivity index is 2.18. The Kier molecular flexibility index (Phi) is 3.79. The molecule has 0 aromatic heterocycles.